The summed E-state index contributed by atoms with van der Waals surface area (Å²) in [6.45, 7) is 5.24. The van der Waals surface area contributed by atoms with Gasteiger partial charge in [-0.25, -0.2) is 4.98 Å². The minimum atomic E-state index is -0.977. The maximum Gasteiger partial charge on any atom is 0.321 e. The molecule has 1 atom stereocenters. The molecule has 100 valence electrons. The van der Waals surface area contributed by atoms with Crippen LogP contribution in [-0.4, -0.2) is 34.6 Å². The van der Waals surface area contributed by atoms with Crippen LogP contribution in [-0.2, 0) is 25.5 Å². The summed E-state index contributed by atoms with van der Waals surface area (Å²) in [6, 6.07) is 0. The third-order valence-electron chi connectivity index (χ3n) is 2.16. The molecule has 6 heteroatoms. The van der Waals surface area contributed by atoms with Gasteiger partial charge in [0.15, 0.2) is 5.92 Å². The highest BCUT2D eigenvalue weighted by molar-refractivity contribution is 5.95. The number of imidazole rings is 1. The number of nitrogens with one attached hydrogen (secondary N) is 1. The summed E-state index contributed by atoms with van der Waals surface area (Å²) >= 11 is 0. The molecule has 1 unspecified atom stereocenters. The van der Waals surface area contributed by atoms with Gasteiger partial charge in [-0.2, -0.15) is 0 Å². The average Bonchev–Trinajstić information content (AvgIpc) is 2.75. The van der Waals surface area contributed by atoms with Gasteiger partial charge in [-0.1, -0.05) is 0 Å². The Bertz CT molecular complexity index is 406. The van der Waals surface area contributed by atoms with Crippen LogP contribution in [0.1, 0.15) is 26.5 Å². The molecule has 1 aromatic heterocycles. The summed E-state index contributed by atoms with van der Waals surface area (Å²) in [5, 5.41) is 0. The smallest absolute Gasteiger partial charge is 0.321 e. The van der Waals surface area contributed by atoms with E-state index in [1.165, 1.54) is 13.4 Å². The van der Waals surface area contributed by atoms with Crippen molar-refractivity contribution in [1.29, 1.82) is 0 Å². The molecule has 1 rings (SSSR count). The standard InChI is InChI=1S/C12H18N2O4/c1-12(2,3)18-11(16)9(10(15)17-4)5-8-6-13-7-14-8/h6-7,9H,5H2,1-4H3,(H,13,14). The van der Waals surface area contributed by atoms with Gasteiger partial charge in [0, 0.05) is 18.3 Å². The maximum atomic E-state index is 11.9. The quantitative estimate of drug-likeness (QED) is 0.642. The van der Waals surface area contributed by atoms with Crippen molar-refractivity contribution < 1.29 is 19.1 Å². The molecule has 0 bridgehead atoms. The summed E-state index contributed by atoms with van der Waals surface area (Å²) in [6.07, 6.45) is 3.22. The second-order valence-electron chi connectivity index (χ2n) is 4.89. The molecule has 0 aliphatic rings. The van der Waals surface area contributed by atoms with Crippen LogP contribution in [0.3, 0.4) is 0 Å². The maximum absolute atomic E-state index is 11.9. The third-order valence-corrected chi connectivity index (χ3v) is 2.16. The Hall–Kier alpha value is -1.85. The number of carbonyl (C=O) groups is 2. The highest BCUT2D eigenvalue weighted by Gasteiger charge is 2.32. The minimum Gasteiger partial charge on any atom is -0.468 e. The molecule has 0 aromatic carbocycles. The van der Waals surface area contributed by atoms with Gasteiger partial charge in [-0.3, -0.25) is 9.59 Å². The van der Waals surface area contributed by atoms with Gasteiger partial charge in [0.25, 0.3) is 0 Å². The van der Waals surface area contributed by atoms with Crippen LogP contribution in [0.25, 0.3) is 0 Å². The van der Waals surface area contributed by atoms with Crippen LogP contribution in [0.5, 0.6) is 0 Å². The fourth-order valence-electron chi connectivity index (χ4n) is 1.39. The van der Waals surface area contributed by atoms with E-state index in [1.54, 1.807) is 27.0 Å². The Morgan fingerprint density at radius 2 is 2.06 bits per heavy atom. The zero-order valence-electron chi connectivity index (χ0n) is 11.0. The van der Waals surface area contributed by atoms with E-state index in [9.17, 15) is 9.59 Å². The highest BCUT2D eigenvalue weighted by atomic mass is 16.6. The molecular weight excluding hydrogens is 236 g/mol. The van der Waals surface area contributed by atoms with Crippen molar-refractivity contribution in [2.75, 3.05) is 7.11 Å². The van der Waals surface area contributed by atoms with E-state index in [1.807, 2.05) is 0 Å². The zero-order valence-corrected chi connectivity index (χ0v) is 11.0. The number of rotatable bonds is 4. The van der Waals surface area contributed by atoms with Crippen LogP contribution in [0.15, 0.2) is 12.5 Å². The zero-order chi connectivity index (χ0) is 13.8. The lowest BCUT2D eigenvalue weighted by atomic mass is 10.0. The molecule has 1 N–H and O–H groups in total. The van der Waals surface area contributed by atoms with E-state index in [-0.39, 0.29) is 6.42 Å². The largest absolute Gasteiger partial charge is 0.468 e. The lowest BCUT2D eigenvalue weighted by Gasteiger charge is -2.22. The molecule has 0 saturated heterocycles. The molecule has 0 saturated carbocycles. The Labute approximate surface area is 106 Å². The fourth-order valence-corrected chi connectivity index (χ4v) is 1.39. The summed E-state index contributed by atoms with van der Waals surface area (Å²) in [7, 11) is 1.24. The lowest BCUT2D eigenvalue weighted by molar-refractivity contribution is -0.168. The number of nitrogens with zero attached hydrogens (tertiary/aromatic N) is 1. The normalized spacial score (nSPS) is 12.9. The van der Waals surface area contributed by atoms with Crippen molar-refractivity contribution in [3.8, 4) is 0 Å². The third kappa shape index (κ3) is 4.20. The second kappa shape index (κ2) is 5.66. The van der Waals surface area contributed by atoms with Crippen molar-refractivity contribution in [3.05, 3.63) is 18.2 Å². The van der Waals surface area contributed by atoms with Crippen molar-refractivity contribution in [1.82, 2.24) is 9.97 Å². The average molecular weight is 254 g/mol. The molecule has 0 amide bonds. The molecule has 0 fully saturated rings. The SMILES string of the molecule is COC(=O)C(Cc1cnc[nH]1)C(=O)OC(C)(C)C. The monoisotopic (exact) mass is 254 g/mol. The first-order chi connectivity index (χ1) is 8.33. The molecule has 1 heterocycles. The molecule has 0 radical (unpaired) electrons. The predicted molar refractivity (Wildman–Crippen MR) is 63.6 cm³/mol. The van der Waals surface area contributed by atoms with Crippen LogP contribution in [0.4, 0.5) is 0 Å². The summed E-state index contributed by atoms with van der Waals surface area (Å²) in [5.41, 5.74) is 0.0356. The van der Waals surface area contributed by atoms with Gasteiger partial charge in [-0.05, 0) is 20.8 Å². The lowest BCUT2D eigenvalue weighted by Crippen LogP contribution is -2.34. The van der Waals surface area contributed by atoms with Gasteiger partial charge < -0.3 is 14.5 Å². The molecular formula is C12H18N2O4. The number of hydrogen-bond donors (Lipinski definition) is 1. The second-order valence-corrected chi connectivity index (χ2v) is 4.89. The van der Waals surface area contributed by atoms with Crippen LogP contribution in [0.2, 0.25) is 0 Å². The number of aromatic nitrogens is 2. The van der Waals surface area contributed by atoms with Gasteiger partial charge in [0.1, 0.15) is 5.60 Å². The predicted octanol–water partition coefficient (Wildman–Crippen LogP) is 1.08. The van der Waals surface area contributed by atoms with Crippen molar-refractivity contribution in [2.24, 2.45) is 5.92 Å². The molecule has 1 aromatic rings. The number of esters is 2. The number of H-pyrrole nitrogens is 1. The van der Waals surface area contributed by atoms with Crippen molar-refractivity contribution in [2.45, 2.75) is 32.8 Å². The Balaban J connectivity index is 2.78. The first kappa shape index (κ1) is 14.2. The highest BCUT2D eigenvalue weighted by Crippen LogP contribution is 2.15. The van der Waals surface area contributed by atoms with Crippen LogP contribution in [0, 0.1) is 5.92 Å². The van der Waals surface area contributed by atoms with E-state index in [2.05, 4.69) is 14.7 Å². The first-order valence-electron chi connectivity index (χ1n) is 5.61. The van der Waals surface area contributed by atoms with Gasteiger partial charge in [0.05, 0.1) is 13.4 Å². The van der Waals surface area contributed by atoms with Gasteiger partial charge >= 0.3 is 11.9 Å². The van der Waals surface area contributed by atoms with Gasteiger partial charge in [-0.15, -0.1) is 0 Å². The number of methoxy groups -OCH3 is 1. The number of ether oxygens (including phenoxy) is 2. The topological polar surface area (TPSA) is 81.3 Å². The van der Waals surface area contributed by atoms with E-state index < -0.39 is 23.5 Å². The molecule has 0 aliphatic carbocycles. The van der Waals surface area contributed by atoms with E-state index >= 15 is 0 Å². The summed E-state index contributed by atoms with van der Waals surface area (Å²) in [5.74, 6) is -2.18. The van der Waals surface area contributed by atoms with Crippen molar-refractivity contribution in [3.63, 3.8) is 0 Å². The summed E-state index contributed by atoms with van der Waals surface area (Å²) < 4.78 is 9.82. The molecule has 0 spiro atoms. The Morgan fingerprint density at radius 3 is 2.50 bits per heavy atom. The van der Waals surface area contributed by atoms with Crippen LogP contribution < -0.4 is 0 Å². The Kier molecular flexibility index (Phi) is 4.47. The summed E-state index contributed by atoms with van der Waals surface area (Å²) in [4.78, 5) is 30.2. The number of hydrogen-bond acceptors (Lipinski definition) is 5. The van der Waals surface area contributed by atoms with E-state index in [0.29, 0.717) is 5.69 Å². The molecule has 18 heavy (non-hydrogen) atoms. The van der Waals surface area contributed by atoms with Crippen LogP contribution >= 0.6 is 0 Å². The van der Waals surface area contributed by atoms with E-state index in [0.717, 1.165) is 0 Å². The Morgan fingerprint density at radius 1 is 1.39 bits per heavy atom. The molecule has 0 aliphatic heterocycles. The fraction of sp³-hybridized carbons (Fsp3) is 0.583. The number of carbonyl (C=O) groups excluding carboxylic acids is 2. The van der Waals surface area contributed by atoms with Gasteiger partial charge in [0.2, 0.25) is 0 Å². The van der Waals surface area contributed by atoms with E-state index in [4.69, 9.17) is 4.74 Å². The minimum absolute atomic E-state index is 0.182. The molecule has 6 nitrogen and oxygen atoms in total. The first-order valence-corrected chi connectivity index (χ1v) is 5.61. The van der Waals surface area contributed by atoms with Crippen molar-refractivity contribution >= 4 is 11.9 Å². The number of aromatic amines is 1.